The predicted molar refractivity (Wildman–Crippen MR) is 137 cm³/mol. The SMILES string of the molecule is CC(=O)OC[C@H]1O[C@@H](O[C@H]2[C@H](OC(C)=O)[C@@H](N)[C@H](OC(C)=O)O[C@@H]2COC(C)=O)[C@H](OC(C)=O)[C@@H](OC(C)=O)[C@H]1OC(C)=O. The molecular weight excluding hydrogens is 598 g/mol. The third-order valence-corrected chi connectivity index (χ3v) is 5.97. The van der Waals surface area contributed by atoms with Crippen LogP contribution in [-0.2, 0) is 80.9 Å². The molecule has 0 saturated carbocycles. The molecule has 248 valence electrons. The first-order chi connectivity index (χ1) is 20.5. The lowest BCUT2D eigenvalue weighted by Crippen LogP contribution is -2.68. The number of rotatable bonds is 11. The number of nitrogens with two attached hydrogens (primary N) is 1. The van der Waals surface area contributed by atoms with Crippen molar-refractivity contribution in [1.82, 2.24) is 0 Å². The molecule has 18 heteroatoms. The highest BCUT2D eigenvalue weighted by molar-refractivity contribution is 5.69. The van der Waals surface area contributed by atoms with Crippen molar-refractivity contribution in [1.29, 1.82) is 0 Å². The molecule has 0 bridgehead atoms. The summed E-state index contributed by atoms with van der Waals surface area (Å²) in [5, 5.41) is 0. The maximum Gasteiger partial charge on any atom is 0.304 e. The molecule has 0 spiro atoms. The van der Waals surface area contributed by atoms with E-state index in [1.165, 1.54) is 0 Å². The number of hydrogen-bond donors (Lipinski definition) is 1. The Labute approximate surface area is 251 Å². The second-order valence-electron chi connectivity index (χ2n) is 9.77. The fourth-order valence-electron chi connectivity index (χ4n) is 4.48. The van der Waals surface area contributed by atoms with Crippen LogP contribution in [0.2, 0.25) is 0 Å². The molecule has 0 amide bonds. The van der Waals surface area contributed by atoms with Gasteiger partial charge in [-0.15, -0.1) is 0 Å². The molecule has 0 radical (unpaired) electrons. The van der Waals surface area contributed by atoms with Crippen molar-refractivity contribution < 1.29 is 80.9 Å². The summed E-state index contributed by atoms with van der Waals surface area (Å²) < 4.78 is 54.6. The van der Waals surface area contributed by atoms with Crippen LogP contribution in [0.5, 0.6) is 0 Å². The summed E-state index contributed by atoms with van der Waals surface area (Å²) in [5.41, 5.74) is 6.25. The van der Waals surface area contributed by atoms with Gasteiger partial charge in [0, 0.05) is 48.5 Å². The maximum absolute atomic E-state index is 12.2. The van der Waals surface area contributed by atoms with Crippen LogP contribution in [0.3, 0.4) is 0 Å². The van der Waals surface area contributed by atoms with Crippen LogP contribution in [0, 0.1) is 0 Å². The number of carbonyl (C=O) groups is 7. The first-order valence-corrected chi connectivity index (χ1v) is 13.3. The average molecular weight is 636 g/mol. The fourth-order valence-corrected chi connectivity index (χ4v) is 4.48. The van der Waals surface area contributed by atoms with Crippen LogP contribution in [0.15, 0.2) is 0 Å². The molecule has 2 heterocycles. The highest BCUT2D eigenvalue weighted by Crippen LogP contribution is 2.34. The van der Waals surface area contributed by atoms with Gasteiger partial charge >= 0.3 is 41.8 Å². The molecule has 2 rings (SSSR count). The second kappa shape index (κ2) is 16.3. The van der Waals surface area contributed by atoms with E-state index in [0.717, 1.165) is 48.5 Å². The summed E-state index contributed by atoms with van der Waals surface area (Å²) >= 11 is 0. The Kier molecular flexibility index (Phi) is 13.4. The van der Waals surface area contributed by atoms with E-state index in [9.17, 15) is 33.6 Å². The molecule has 0 unspecified atom stereocenters. The highest BCUT2D eigenvalue weighted by atomic mass is 16.8. The van der Waals surface area contributed by atoms with E-state index >= 15 is 0 Å². The average Bonchev–Trinajstić information content (AvgIpc) is 2.87. The Hall–Kier alpha value is -3.87. The zero-order valence-corrected chi connectivity index (χ0v) is 25.2. The lowest BCUT2D eigenvalue weighted by Gasteiger charge is -2.48. The first kappa shape index (κ1) is 36.3. The van der Waals surface area contributed by atoms with Crippen LogP contribution in [0.1, 0.15) is 48.5 Å². The number of esters is 7. The van der Waals surface area contributed by atoms with Gasteiger partial charge in [0.1, 0.15) is 37.6 Å². The van der Waals surface area contributed by atoms with Crippen molar-refractivity contribution in [3.05, 3.63) is 0 Å². The quantitative estimate of drug-likeness (QED) is 0.202. The molecular formula is C26H37NO17. The van der Waals surface area contributed by atoms with E-state index in [0.29, 0.717) is 0 Å². The maximum atomic E-state index is 12.2. The van der Waals surface area contributed by atoms with Gasteiger partial charge in [0.2, 0.25) is 6.29 Å². The summed E-state index contributed by atoms with van der Waals surface area (Å²) in [7, 11) is 0. The standard InChI is InChI=1S/C26H37NO17/c1-10(28)35-8-17-20(22(38-13(4)31)19(27)25(42-17)41-16(7)34)44-26-24(40-15(6)33)23(39-14(5)32)21(37-12(3)30)18(43-26)9-36-11(2)29/h17-26H,8-9,27H2,1-7H3/t17-,18-,19-,20-,21+,22-,23+,24-,25-,26+/m1/s1. The fraction of sp³-hybridized carbons (Fsp3) is 0.731. The molecule has 18 nitrogen and oxygen atoms in total. The normalized spacial score (nSPS) is 31.5. The molecule has 0 aromatic heterocycles. The summed E-state index contributed by atoms with van der Waals surface area (Å²) in [6, 6.07) is -1.37. The van der Waals surface area contributed by atoms with Crippen LogP contribution < -0.4 is 5.73 Å². The van der Waals surface area contributed by atoms with Gasteiger partial charge in [-0.2, -0.15) is 0 Å². The topological polar surface area (TPSA) is 238 Å². The number of hydrogen-bond acceptors (Lipinski definition) is 18. The van der Waals surface area contributed by atoms with E-state index in [1.807, 2.05) is 0 Å². The minimum atomic E-state index is -1.74. The highest BCUT2D eigenvalue weighted by Gasteiger charge is 2.56. The Bertz CT molecular complexity index is 1090. The summed E-state index contributed by atoms with van der Waals surface area (Å²) in [6.07, 6.45) is -13.6. The Morgan fingerprint density at radius 2 is 0.864 bits per heavy atom. The molecule has 2 fully saturated rings. The van der Waals surface area contributed by atoms with E-state index in [4.69, 9.17) is 53.1 Å². The van der Waals surface area contributed by atoms with Crippen LogP contribution in [0.25, 0.3) is 0 Å². The minimum Gasteiger partial charge on any atom is -0.463 e. The molecule has 0 aromatic carbocycles. The summed E-state index contributed by atoms with van der Waals surface area (Å²) in [6.45, 7) is 6.40. The molecule has 44 heavy (non-hydrogen) atoms. The van der Waals surface area contributed by atoms with Crippen molar-refractivity contribution in [3.63, 3.8) is 0 Å². The Morgan fingerprint density at radius 1 is 0.477 bits per heavy atom. The first-order valence-electron chi connectivity index (χ1n) is 13.3. The van der Waals surface area contributed by atoms with E-state index < -0.39 is 116 Å². The number of ether oxygens (including phenoxy) is 10. The Morgan fingerprint density at radius 3 is 1.32 bits per heavy atom. The predicted octanol–water partition coefficient (Wildman–Crippen LogP) is -1.44. The van der Waals surface area contributed by atoms with Gasteiger partial charge in [0.25, 0.3) is 0 Å². The van der Waals surface area contributed by atoms with Crippen LogP contribution >= 0.6 is 0 Å². The van der Waals surface area contributed by atoms with Crippen molar-refractivity contribution in [3.8, 4) is 0 Å². The molecule has 0 aliphatic carbocycles. The van der Waals surface area contributed by atoms with Crippen LogP contribution in [0.4, 0.5) is 0 Å². The minimum absolute atomic E-state index is 0.534. The monoisotopic (exact) mass is 635 g/mol. The van der Waals surface area contributed by atoms with Crippen molar-refractivity contribution >= 4 is 41.8 Å². The van der Waals surface area contributed by atoms with Gasteiger partial charge in [-0.3, -0.25) is 33.6 Å². The van der Waals surface area contributed by atoms with Crippen molar-refractivity contribution in [2.24, 2.45) is 5.73 Å². The molecule has 2 aliphatic heterocycles. The third kappa shape index (κ3) is 10.7. The van der Waals surface area contributed by atoms with E-state index in [2.05, 4.69) is 0 Å². The van der Waals surface area contributed by atoms with Crippen molar-refractivity contribution in [2.75, 3.05) is 13.2 Å². The lowest BCUT2D eigenvalue weighted by molar-refractivity contribution is -0.347. The molecule has 10 atom stereocenters. The summed E-state index contributed by atoms with van der Waals surface area (Å²) in [4.78, 5) is 83.4. The van der Waals surface area contributed by atoms with E-state index in [1.54, 1.807) is 0 Å². The zero-order valence-electron chi connectivity index (χ0n) is 25.2. The number of carbonyl (C=O) groups excluding carboxylic acids is 7. The second-order valence-corrected chi connectivity index (χ2v) is 9.77. The molecule has 2 N–H and O–H groups in total. The largest absolute Gasteiger partial charge is 0.463 e. The van der Waals surface area contributed by atoms with Gasteiger partial charge in [-0.05, 0) is 0 Å². The van der Waals surface area contributed by atoms with Gasteiger partial charge in [0.15, 0.2) is 30.7 Å². The molecule has 2 aliphatic rings. The van der Waals surface area contributed by atoms with Crippen molar-refractivity contribution in [2.45, 2.75) is 110 Å². The smallest absolute Gasteiger partial charge is 0.304 e. The van der Waals surface area contributed by atoms with Gasteiger partial charge in [-0.25, -0.2) is 0 Å². The van der Waals surface area contributed by atoms with E-state index in [-0.39, 0.29) is 0 Å². The van der Waals surface area contributed by atoms with Gasteiger partial charge in [-0.1, -0.05) is 0 Å². The lowest BCUT2D eigenvalue weighted by atomic mass is 9.95. The molecule has 0 aromatic rings. The third-order valence-electron chi connectivity index (χ3n) is 5.97. The summed E-state index contributed by atoms with van der Waals surface area (Å²) in [5.74, 6) is -5.73. The Balaban J connectivity index is 2.63. The van der Waals surface area contributed by atoms with Crippen LogP contribution in [-0.4, -0.2) is 116 Å². The van der Waals surface area contributed by atoms with Gasteiger partial charge < -0.3 is 53.1 Å². The van der Waals surface area contributed by atoms with Gasteiger partial charge in [0.05, 0.1) is 0 Å². The zero-order chi connectivity index (χ0) is 33.3. The molecule has 2 saturated heterocycles.